The van der Waals surface area contributed by atoms with Crippen molar-refractivity contribution >= 4 is 26.7 Å². The average molecular weight is 376 g/mol. The molecule has 1 amide bonds. The molecule has 0 unspecified atom stereocenters. The first-order chi connectivity index (χ1) is 12.4. The Morgan fingerprint density at radius 2 is 1.88 bits per heavy atom. The van der Waals surface area contributed by atoms with Crippen LogP contribution in [0.15, 0.2) is 42.5 Å². The molecule has 26 heavy (non-hydrogen) atoms. The molecule has 7 heteroatoms. The van der Waals surface area contributed by atoms with E-state index in [0.29, 0.717) is 13.2 Å². The molecule has 3 rings (SSSR count). The Balaban J connectivity index is 1.67. The van der Waals surface area contributed by atoms with E-state index < -0.39 is 10.0 Å². The lowest BCUT2D eigenvalue weighted by Gasteiger charge is -2.21. The van der Waals surface area contributed by atoms with Crippen LogP contribution in [-0.4, -0.2) is 57.7 Å². The summed E-state index contributed by atoms with van der Waals surface area (Å²) in [7, 11) is -0.310. The van der Waals surface area contributed by atoms with E-state index in [-0.39, 0.29) is 30.0 Å². The third-order valence-electron chi connectivity index (χ3n) is 4.76. The number of ether oxygens (including phenoxy) is 1. The SMILES string of the molecule is CN(C)S(=O)(=O)C[C@@H]1COC[C@H]1NC(=O)Cc1cccc2ccccc12. The number of fused-ring (bicyclic) bond motifs is 1. The average Bonchev–Trinajstić information content (AvgIpc) is 3.01. The number of carbonyl (C=O) groups excluding carboxylic acids is 1. The van der Waals surface area contributed by atoms with Crippen LogP contribution < -0.4 is 5.32 Å². The summed E-state index contributed by atoms with van der Waals surface area (Å²) in [5, 5.41) is 5.11. The van der Waals surface area contributed by atoms with E-state index in [1.807, 2.05) is 42.5 Å². The maximum absolute atomic E-state index is 12.5. The molecular formula is C19H24N2O4S. The number of sulfonamides is 1. The van der Waals surface area contributed by atoms with E-state index >= 15 is 0 Å². The number of amides is 1. The number of hydrogen-bond donors (Lipinski definition) is 1. The van der Waals surface area contributed by atoms with Gasteiger partial charge in [-0.2, -0.15) is 0 Å². The van der Waals surface area contributed by atoms with Gasteiger partial charge in [-0.05, 0) is 16.3 Å². The Hall–Kier alpha value is -1.96. The lowest BCUT2D eigenvalue weighted by atomic mass is 10.0. The standard InChI is InChI=1S/C19H24N2O4S/c1-21(2)26(23,24)13-16-11-25-12-18(16)20-19(22)10-15-8-5-7-14-6-3-4-9-17(14)15/h3-9,16,18H,10-13H2,1-2H3,(H,20,22)/t16-,18+/m0/s1. The lowest BCUT2D eigenvalue weighted by molar-refractivity contribution is -0.121. The fraction of sp³-hybridized carbons (Fsp3) is 0.421. The van der Waals surface area contributed by atoms with Crippen molar-refractivity contribution in [2.24, 2.45) is 5.92 Å². The third-order valence-corrected chi connectivity index (χ3v) is 6.72. The molecule has 1 aliphatic heterocycles. The van der Waals surface area contributed by atoms with Crippen molar-refractivity contribution in [3.8, 4) is 0 Å². The molecule has 1 heterocycles. The molecule has 2 atom stereocenters. The van der Waals surface area contributed by atoms with E-state index in [2.05, 4.69) is 5.32 Å². The molecule has 0 radical (unpaired) electrons. The molecule has 1 aliphatic rings. The van der Waals surface area contributed by atoms with E-state index in [9.17, 15) is 13.2 Å². The van der Waals surface area contributed by atoms with Crippen molar-refractivity contribution < 1.29 is 17.9 Å². The summed E-state index contributed by atoms with van der Waals surface area (Å²) in [4.78, 5) is 12.5. The molecule has 140 valence electrons. The summed E-state index contributed by atoms with van der Waals surface area (Å²) in [5.41, 5.74) is 0.956. The highest BCUT2D eigenvalue weighted by atomic mass is 32.2. The van der Waals surface area contributed by atoms with Crippen LogP contribution in [0.2, 0.25) is 0 Å². The van der Waals surface area contributed by atoms with E-state index in [4.69, 9.17) is 4.74 Å². The molecule has 2 aromatic rings. The van der Waals surface area contributed by atoms with Gasteiger partial charge < -0.3 is 10.1 Å². The maximum atomic E-state index is 12.5. The predicted molar refractivity (Wildman–Crippen MR) is 101 cm³/mol. The van der Waals surface area contributed by atoms with Crippen molar-refractivity contribution in [1.29, 1.82) is 0 Å². The van der Waals surface area contributed by atoms with Gasteiger partial charge in [0.2, 0.25) is 15.9 Å². The van der Waals surface area contributed by atoms with Crippen LogP contribution in [0.3, 0.4) is 0 Å². The fourth-order valence-corrected chi connectivity index (χ4v) is 4.39. The van der Waals surface area contributed by atoms with Gasteiger partial charge in [-0.1, -0.05) is 42.5 Å². The minimum absolute atomic E-state index is 0.0286. The van der Waals surface area contributed by atoms with E-state index in [1.54, 1.807) is 0 Å². The third kappa shape index (κ3) is 4.23. The fourth-order valence-electron chi connectivity index (χ4n) is 3.22. The van der Waals surface area contributed by atoms with Crippen LogP contribution in [0, 0.1) is 5.92 Å². The van der Waals surface area contributed by atoms with Gasteiger partial charge in [0.15, 0.2) is 0 Å². The Morgan fingerprint density at radius 1 is 1.15 bits per heavy atom. The minimum atomic E-state index is -3.34. The number of nitrogens with zero attached hydrogens (tertiary/aromatic N) is 1. The van der Waals surface area contributed by atoms with Crippen molar-refractivity contribution in [3.05, 3.63) is 48.0 Å². The van der Waals surface area contributed by atoms with Crippen LogP contribution in [0.25, 0.3) is 10.8 Å². The van der Waals surface area contributed by atoms with Gasteiger partial charge in [0.1, 0.15) is 0 Å². The summed E-state index contributed by atoms with van der Waals surface area (Å²) in [6.45, 7) is 0.682. The lowest BCUT2D eigenvalue weighted by Crippen LogP contribution is -2.44. The Kier molecular flexibility index (Phi) is 5.60. The molecule has 1 N–H and O–H groups in total. The van der Waals surface area contributed by atoms with Gasteiger partial charge in [0.05, 0.1) is 31.4 Å². The van der Waals surface area contributed by atoms with E-state index in [1.165, 1.54) is 18.4 Å². The first-order valence-electron chi connectivity index (χ1n) is 8.61. The molecule has 2 aromatic carbocycles. The topological polar surface area (TPSA) is 75.7 Å². The highest BCUT2D eigenvalue weighted by Gasteiger charge is 2.34. The Morgan fingerprint density at radius 3 is 2.65 bits per heavy atom. The maximum Gasteiger partial charge on any atom is 0.224 e. The van der Waals surface area contributed by atoms with E-state index in [0.717, 1.165) is 16.3 Å². The number of nitrogens with one attached hydrogen (secondary N) is 1. The molecule has 0 saturated carbocycles. The summed E-state index contributed by atoms with van der Waals surface area (Å²) in [5.74, 6) is -0.387. The smallest absolute Gasteiger partial charge is 0.224 e. The van der Waals surface area contributed by atoms with Crippen molar-refractivity contribution in [1.82, 2.24) is 9.62 Å². The second-order valence-corrected chi connectivity index (χ2v) is 9.07. The minimum Gasteiger partial charge on any atom is -0.379 e. The number of hydrogen-bond acceptors (Lipinski definition) is 4. The molecule has 0 bridgehead atoms. The largest absolute Gasteiger partial charge is 0.379 e. The summed E-state index contributed by atoms with van der Waals surface area (Å²) in [6.07, 6.45) is 0.255. The Bertz CT molecular complexity index is 890. The number of benzene rings is 2. The highest BCUT2D eigenvalue weighted by Crippen LogP contribution is 2.20. The van der Waals surface area contributed by atoms with Crippen molar-refractivity contribution in [2.45, 2.75) is 12.5 Å². The van der Waals surface area contributed by atoms with Gasteiger partial charge in [-0.3, -0.25) is 4.79 Å². The molecule has 1 saturated heterocycles. The van der Waals surface area contributed by atoms with Crippen LogP contribution in [-0.2, 0) is 26.0 Å². The Labute approximate surface area is 154 Å². The molecule has 1 fully saturated rings. The van der Waals surface area contributed by atoms with Gasteiger partial charge in [0.25, 0.3) is 0 Å². The van der Waals surface area contributed by atoms with Gasteiger partial charge >= 0.3 is 0 Å². The quantitative estimate of drug-likeness (QED) is 0.827. The molecular weight excluding hydrogens is 352 g/mol. The van der Waals surface area contributed by atoms with Gasteiger partial charge in [-0.15, -0.1) is 0 Å². The van der Waals surface area contributed by atoms with Crippen LogP contribution in [0.1, 0.15) is 5.56 Å². The second kappa shape index (κ2) is 7.73. The van der Waals surface area contributed by atoms with Gasteiger partial charge in [0, 0.05) is 20.0 Å². The molecule has 0 aliphatic carbocycles. The summed E-state index contributed by atoms with van der Waals surface area (Å²) >= 11 is 0. The van der Waals surface area contributed by atoms with Crippen molar-refractivity contribution in [2.75, 3.05) is 33.1 Å². The first kappa shape index (κ1) is 18.8. The zero-order chi connectivity index (χ0) is 18.7. The molecule has 0 spiro atoms. The molecule has 6 nitrogen and oxygen atoms in total. The highest BCUT2D eigenvalue weighted by molar-refractivity contribution is 7.89. The molecule has 0 aromatic heterocycles. The normalized spacial score (nSPS) is 20.6. The zero-order valence-electron chi connectivity index (χ0n) is 15.0. The van der Waals surface area contributed by atoms with Crippen LogP contribution in [0.4, 0.5) is 0 Å². The first-order valence-corrected chi connectivity index (χ1v) is 10.2. The number of carbonyl (C=O) groups is 1. The summed E-state index contributed by atoms with van der Waals surface area (Å²) in [6, 6.07) is 13.6. The summed E-state index contributed by atoms with van der Waals surface area (Å²) < 4.78 is 30.9. The van der Waals surface area contributed by atoms with Crippen LogP contribution in [0.5, 0.6) is 0 Å². The monoisotopic (exact) mass is 376 g/mol. The zero-order valence-corrected chi connectivity index (χ0v) is 15.8. The number of rotatable bonds is 6. The van der Waals surface area contributed by atoms with Crippen LogP contribution >= 0.6 is 0 Å². The van der Waals surface area contributed by atoms with Crippen molar-refractivity contribution in [3.63, 3.8) is 0 Å². The predicted octanol–water partition coefficient (Wildman–Crippen LogP) is 1.40. The van der Waals surface area contributed by atoms with Gasteiger partial charge in [-0.25, -0.2) is 12.7 Å². The second-order valence-electron chi connectivity index (χ2n) is 6.85.